The predicted octanol–water partition coefficient (Wildman–Crippen LogP) is 2.70. The van der Waals surface area contributed by atoms with Gasteiger partial charge in [0.05, 0.1) is 20.3 Å². The van der Waals surface area contributed by atoms with E-state index in [0.29, 0.717) is 55.0 Å². The van der Waals surface area contributed by atoms with Crippen molar-refractivity contribution in [1.29, 1.82) is 0 Å². The van der Waals surface area contributed by atoms with Crippen LogP contribution in [0.25, 0.3) is 11.4 Å². The van der Waals surface area contributed by atoms with Gasteiger partial charge in [0.2, 0.25) is 17.6 Å². The van der Waals surface area contributed by atoms with Crippen LogP contribution in [0, 0.1) is 5.82 Å². The predicted molar refractivity (Wildman–Crippen MR) is 94.7 cm³/mol. The Labute approximate surface area is 155 Å². The van der Waals surface area contributed by atoms with E-state index in [1.807, 2.05) is 0 Å². The van der Waals surface area contributed by atoms with Gasteiger partial charge in [-0.15, -0.1) is 0 Å². The van der Waals surface area contributed by atoms with E-state index < -0.39 is 6.04 Å². The van der Waals surface area contributed by atoms with E-state index in [1.54, 1.807) is 43.6 Å². The van der Waals surface area contributed by atoms with Crippen LogP contribution in [-0.2, 0) is 4.74 Å². The first kappa shape index (κ1) is 17.6. The zero-order chi connectivity index (χ0) is 18.6. The minimum atomic E-state index is -0.470. The maximum Gasteiger partial charge on any atom is 0.249 e. The molecule has 0 amide bonds. The maximum absolute atomic E-state index is 14.5. The number of methoxy groups -OCH3 is 1. The summed E-state index contributed by atoms with van der Waals surface area (Å²) in [4.78, 5) is 10.8. The zero-order valence-electron chi connectivity index (χ0n) is 14.8. The van der Waals surface area contributed by atoms with E-state index in [1.165, 1.54) is 6.07 Å². The molecule has 2 aromatic heterocycles. The van der Waals surface area contributed by atoms with Crippen LogP contribution in [0.2, 0.25) is 0 Å². The zero-order valence-corrected chi connectivity index (χ0v) is 14.8. The van der Waals surface area contributed by atoms with Gasteiger partial charge in [-0.1, -0.05) is 23.4 Å². The SMILES string of the molecule is COc1ccc(-c2noc([C@@H](c3ccccc3F)N3CCOCC3)n2)cn1. The van der Waals surface area contributed by atoms with Crippen molar-refractivity contribution in [3.63, 3.8) is 0 Å². The number of pyridine rings is 1. The molecule has 27 heavy (non-hydrogen) atoms. The number of benzene rings is 1. The average Bonchev–Trinajstić information content (AvgIpc) is 3.20. The standard InChI is InChI=1S/C19H19FN4O3/c1-25-16-7-6-13(12-21-16)18-22-19(27-23-18)17(24-8-10-26-11-9-24)14-4-2-3-5-15(14)20/h2-7,12,17H,8-11H2,1H3/t17-/m1/s1. The Morgan fingerprint density at radius 1 is 1.15 bits per heavy atom. The second kappa shape index (κ2) is 7.81. The molecule has 0 saturated carbocycles. The number of ether oxygens (including phenoxy) is 2. The molecular formula is C19H19FN4O3. The van der Waals surface area contributed by atoms with E-state index in [4.69, 9.17) is 14.0 Å². The summed E-state index contributed by atoms with van der Waals surface area (Å²) in [5, 5.41) is 4.07. The van der Waals surface area contributed by atoms with E-state index in [2.05, 4.69) is 20.0 Å². The molecular weight excluding hydrogens is 351 g/mol. The van der Waals surface area contributed by atoms with Crippen molar-refractivity contribution in [3.05, 3.63) is 59.9 Å². The minimum Gasteiger partial charge on any atom is -0.481 e. The van der Waals surface area contributed by atoms with Gasteiger partial charge in [0.25, 0.3) is 0 Å². The van der Waals surface area contributed by atoms with E-state index in [0.717, 1.165) is 0 Å². The molecule has 140 valence electrons. The Balaban J connectivity index is 1.70. The lowest BCUT2D eigenvalue weighted by atomic mass is 10.0. The molecule has 0 unspecified atom stereocenters. The molecule has 1 atom stereocenters. The summed E-state index contributed by atoms with van der Waals surface area (Å²) >= 11 is 0. The lowest BCUT2D eigenvalue weighted by Gasteiger charge is -2.32. The highest BCUT2D eigenvalue weighted by Crippen LogP contribution is 2.31. The third kappa shape index (κ3) is 3.67. The van der Waals surface area contributed by atoms with Crippen molar-refractivity contribution in [1.82, 2.24) is 20.0 Å². The third-order valence-corrected chi connectivity index (χ3v) is 4.49. The van der Waals surface area contributed by atoms with E-state index >= 15 is 0 Å². The molecule has 1 aliphatic rings. The summed E-state index contributed by atoms with van der Waals surface area (Å²) in [6.45, 7) is 2.46. The monoisotopic (exact) mass is 370 g/mol. The third-order valence-electron chi connectivity index (χ3n) is 4.49. The maximum atomic E-state index is 14.5. The number of aromatic nitrogens is 3. The number of nitrogens with zero attached hydrogens (tertiary/aromatic N) is 4. The van der Waals surface area contributed by atoms with Crippen molar-refractivity contribution >= 4 is 0 Å². The quantitative estimate of drug-likeness (QED) is 0.684. The molecule has 1 aliphatic heterocycles. The highest BCUT2D eigenvalue weighted by molar-refractivity contribution is 5.53. The number of rotatable bonds is 5. The molecule has 1 fully saturated rings. The average molecular weight is 370 g/mol. The lowest BCUT2D eigenvalue weighted by Crippen LogP contribution is -2.40. The number of morpholine rings is 1. The lowest BCUT2D eigenvalue weighted by molar-refractivity contribution is 0.0174. The van der Waals surface area contributed by atoms with Gasteiger partial charge in [-0.3, -0.25) is 4.90 Å². The highest BCUT2D eigenvalue weighted by atomic mass is 19.1. The fraction of sp³-hybridized carbons (Fsp3) is 0.316. The molecule has 7 nitrogen and oxygen atoms in total. The minimum absolute atomic E-state index is 0.306. The summed E-state index contributed by atoms with van der Waals surface area (Å²) < 4.78 is 30.5. The Morgan fingerprint density at radius 3 is 2.67 bits per heavy atom. The number of hydrogen-bond donors (Lipinski definition) is 0. The Kier molecular flexibility index (Phi) is 5.08. The Bertz CT molecular complexity index is 894. The van der Waals surface area contributed by atoms with Gasteiger partial charge >= 0.3 is 0 Å². The molecule has 3 aromatic rings. The van der Waals surface area contributed by atoms with Gasteiger partial charge < -0.3 is 14.0 Å². The highest BCUT2D eigenvalue weighted by Gasteiger charge is 2.31. The van der Waals surface area contributed by atoms with E-state index in [9.17, 15) is 4.39 Å². The second-order valence-electron chi connectivity index (χ2n) is 6.12. The topological polar surface area (TPSA) is 73.5 Å². The van der Waals surface area contributed by atoms with Gasteiger partial charge in [-0.2, -0.15) is 4.98 Å². The van der Waals surface area contributed by atoms with Crippen LogP contribution in [0.4, 0.5) is 4.39 Å². The van der Waals surface area contributed by atoms with Crippen LogP contribution in [0.5, 0.6) is 5.88 Å². The van der Waals surface area contributed by atoms with Crippen molar-refractivity contribution in [3.8, 4) is 17.3 Å². The molecule has 3 heterocycles. The molecule has 0 radical (unpaired) electrons. The van der Waals surface area contributed by atoms with Crippen LogP contribution < -0.4 is 4.74 Å². The van der Waals surface area contributed by atoms with Crippen LogP contribution in [0.3, 0.4) is 0 Å². The van der Waals surface area contributed by atoms with Crippen LogP contribution >= 0.6 is 0 Å². The van der Waals surface area contributed by atoms with E-state index in [-0.39, 0.29) is 5.82 Å². The first-order chi connectivity index (χ1) is 13.3. The van der Waals surface area contributed by atoms with Gasteiger partial charge in [0.1, 0.15) is 11.9 Å². The van der Waals surface area contributed by atoms with Crippen molar-refractivity contribution < 1.29 is 18.4 Å². The largest absolute Gasteiger partial charge is 0.481 e. The van der Waals surface area contributed by atoms with Gasteiger partial charge in [0, 0.05) is 36.5 Å². The number of halogens is 1. The summed E-state index contributed by atoms with van der Waals surface area (Å²) in [6.07, 6.45) is 1.61. The van der Waals surface area contributed by atoms with Crippen molar-refractivity contribution in [2.75, 3.05) is 33.4 Å². The Hall–Kier alpha value is -2.84. The molecule has 8 heteroatoms. The normalized spacial score (nSPS) is 16.2. The molecule has 1 aromatic carbocycles. The van der Waals surface area contributed by atoms with Crippen molar-refractivity contribution in [2.45, 2.75) is 6.04 Å². The molecule has 0 spiro atoms. The fourth-order valence-electron chi connectivity index (χ4n) is 3.12. The molecule has 0 aliphatic carbocycles. The molecule has 1 saturated heterocycles. The molecule has 0 N–H and O–H groups in total. The smallest absolute Gasteiger partial charge is 0.249 e. The first-order valence-electron chi connectivity index (χ1n) is 8.66. The molecule has 0 bridgehead atoms. The second-order valence-corrected chi connectivity index (χ2v) is 6.12. The first-order valence-corrected chi connectivity index (χ1v) is 8.66. The fourth-order valence-corrected chi connectivity index (χ4v) is 3.12. The van der Waals surface area contributed by atoms with Gasteiger partial charge in [-0.25, -0.2) is 9.37 Å². The summed E-state index contributed by atoms with van der Waals surface area (Å²) in [6, 6.07) is 9.70. The summed E-state index contributed by atoms with van der Waals surface area (Å²) in [7, 11) is 1.55. The van der Waals surface area contributed by atoms with Crippen LogP contribution in [0.15, 0.2) is 47.1 Å². The van der Waals surface area contributed by atoms with Crippen molar-refractivity contribution in [2.24, 2.45) is 0 Å². The van der Waals surface area contributed by atoms with Gasteiger partial charge in [0.15, 0.2) is 0 Å². The summed E-state index contributed by atoms with van der Waals surface area (Å²) in [5.74, 6) is 0.933. The number of hydrogen-bond acceptors (Lipinski definition) is 7. The van der Waals surface area contributed by atoms with Crippen LogP contribution in [0.1, 0.15) is 17.5 Å². The Morgan fingerprint density at radius 2 is 1.96 bits per heavy atom. The summed E-state index contributed by atoms with van der Waals surface area (Å²) in [5.41, 5.74) is 1.20. The van der Waals surface area contributed by atoms with Crippen LogP contribution in [-0.4, -0.2) is 53.4 Å². The van der Waals surface area contributed by atoms with Gasteiger partial charge in [-0.05, 0) is 12.1 Å². The molecule has 4 rings (SSSR count).